The summed E-state index contributed by atoms with van der Waals surface area (Å²) < 4.78 is 7.21. The first kappa shape index (κ1) is 15.0. The molecule has 1 aromatic rings. The van der Waals surface area contributed by atoms with Crippen molar-refractivity contribution in [3.05, 3.63) is 34.3 Å². The van der Waals surface area contributed by atoms with E-state index in [0.29, 0.717) is 0 Å². The lowest BCUT2D eigenvalue weighted by molar-refractivity contribution is 0.0487. The van der Waals surface area contributed by atoms with Crippen LogP contribution < -0.4 is 5.32 Å². The van der Waals surface area contributed by atoms with Gasteiger partial charge in [0.15, 0.2) is 0 Å². The molecule has 0 heterocycles. The van der Waals surface area contributed by atoms with Crippen LogP contribution in [0.3, 0.4) is 0 Å². The highest BCUT2D eigenvalue weighted by molar-refractivity contribution is 9.10. The fraction of sp³-hybridized carbons (Fsp3) is 0.625. The van der Waals surface area contributed by atoms with E-state index >= 15 is 0 Å². The van der Waals surface area contributed by atoms with Gasteiger partial charge in [0.1, 0.15) is 0 Å². The van der Waals surface area contributed by atoms with Crippen molar-refractivity contribution in [1.29, 1.82) is 0 Å². The molecule has 0 bridgehead atoms. The Kier molecular flexibility index (Phi) is 6.35. The summed E-state index contributed by atoms with van der Waals surface area (Å²) in [6.07, 6.45) is 5.37. The SMILES string of the molecule is CCCNCC(OCCC1CC1)c1ccc(Br)cc1. The van der Waals surface area contributed by atoms with Gasteiger partial charge in [-0.1, -0.05) is 47.8 Å². The van der Waals surface area contributed by atoms with Crippen molar-refractivity contribution in [3.8, 4) is 0 Å². The lowest BCUT2D eigenvalue weighted by atomic mass is 10.1. The summed E-state index contributed by atoms with van der Waals surface area (Å²) in [4.78, 5) is 0. The van der Waals surface area contributed by atoms with Gasteiger partial charge in [-0.15, -0.1) is 0 Å². The first-order valence-electron chi connectivity index (χ1n) is 7.37. The van der Waals surface area contributed by atoms with E-state index in [-0.39, 0.29) is 6.10 Å². The molecule has 0 aliphatic heterocycles. The van der Waals surface area contributed by atoms with E-state index in [1.807, 2.05) is 0 Å². The van der Waals surface area contributed by atoms with Crippen LogP contribution in [0.15, 0.2) is 28.7 Å². The molecule has 2 nitrogen and oxygen atoms in total. The zero-order valence-electron chi connectivity index (χ0n) is 11.7. The number of nitrogens with one attached hydrogen (secondary N) is 1. The maximum atomic E-state index is 6.09. The van der Waals surface area contributed by atoms with Crippen molar-refractivity contribution in [1.82, 2.24) is 5.32 Å². The lowest BCUT2D eigenvalue weighted by Gasteiger charge is -2.19. The van der Waals surface area contributed by atoms with Crippen molar-refractivity contribution in [2.75, 3.05) is 19.7 Å². The Balaban J connectivity index is 1.85. The molecule has 1 aliphatic rings. The Bertz CT molecular complexity index is 362. The van der Waals surface area contributed by atoms with Crippen LogP contribution in [0.4, 0.5) is 0 Å². The molecule has 1 N–H and O–H groups in total. The van der Waals surface area contributed by atoms with E-state index in [1.165, 1.54) is 24.8 Å². The number of hydrogen-bond donors (Lipinski definition) is 1. The lowest BCUT2D eigenvalue weighted by Crippen LogP contribution is -2.24. The maximum Gasteiger partial charge on any atom is 0.0949 e. The topological polar surface area (TPSA) is 21.3 Å². The van der Waals surface area contributed by atoms with Crippen molar-refractivity contribution < 1.29 is 4.74 Å². The number of halogens is 1. The highest BCUT2D eigenvalue weighted by Gasteiger charge is 2.21. The summed E-state index contributed by atoms with van der Waals surface area (Å²) in [6.45, 7) is 5.04. The monoisotopic (exact) mass is 325 g/mol. The summed E-state index contributed by atoms with van der Waals surface area (Å²) >= 11 is 3.48. The van der Waals surface area contributed by atoms with Gasteiger partial charge in [0, 0.05) is 17.6 Å². The number of hydrogen-bond acceptors (Lipinski definition) is 2. The van der Waals surface area contributed by atoms with E-state index in [9.17, 15) is 0 Å². The number of ether oxygens (including phenoxy) is 1. The fourth-order valence-electron chi connectivity index (χ4n) is 2.14. The van der Waals surface area contributed by atoms with Crippen LogP contribution >= 0.6 is 15.9 Å². The van der Waals surface area contributed by atoms with Gasteiger partial charge in [-0.05, 0) is 43.0 Å². The van der Waals surface area contributed by atoms with Crippen LogP contribution in [0, 0.1) is 5.92 Å². The highest BCUT2D eigenvalue weighted by atomic mass is 79.9. The molecule has 0 amide bonds. The zero-order chi connectivity index (χ0) is 13.5. The third-order valence-electron chi connectivity index (χ3n) is 3.54. The Hall–Kier alpha value is -0.380. The van der Waals surface area contributed by atoms with Crippen LogP contribution in [0.5, 0.6) is 0 Å². The zero-order valence-corrected chi connectivity index (χ0v) is 13.3. The molecule has 1 saturated carbocycles. The van der Waals surface area contributed by atoms with E-state index < -0.39 is 0 Å². The average Bonchev–Trinajstić information content (AvgIpc) is 3.22. The smallest absolute Gasteiger partial charge is 0.0949 e. The normalized spacial score (nSPS) is 16.5. The molecule has 1 unspecified atom stereocenters. The largest absolute Gasteiger partial charge is 0.372 e. The predicted molar refractivity (Wildman–Crippen MR) is 83.3 cm³/mol. The molecule has 0 saturated heterocycles. The Morgan fingerprint density at radius 3 is 2.68 bits per heavy atom. The van der Waals surface area contributed by atoms with Gasteiger partial charge in [-0.25, -0.2) is 0 Å². The first-order chi connectivity index (χ1) is 9.29. The van der Waals surface area contributed by atoms with E-state index in [4.69, 9.17) is 4.74 Å². The van der Waals surface area contributed by atoms with E-state index in [0.717, 1.165) is 36.5 Å². The third kappa shape index (κ3) is 5.64. The number of rotatable bonds is 9. The molecule has 1 aromatic carbocycles. The molecule has 3 heteroatoms. The molecule has 2 rings (SSSR count). The highest BCUT2D eigenvalue weighted by Crippen LogP contribution is 2.32. The average molecular weight is 326 g/mol. The van der Waals surface area contributed by atoms with Crippen LogP contribution in [0.25, 0.3) is 0 Å². The summed E-state index contributed by atoms with van der Waals surface area (Å²) in [5.74, 6) is 0.939. The number of benzene rings is 1. The Morgan fingerprint density at radius 1 is 1.32 bits per heavy atom. The molecule has 106 valence electrons. The molecule has 0 spiro atoms. The van der Waals surface area contributed by atoms with E-state index in [2.05, 4.69) is 52.4 Å². The van der Waals surface area contributed by atoms with Gasteiger partial charge in [0.2, 0.25) is 0 Å². The minimum absolute atomic E-state index is 0.179. The molecular formula is C16H24BrNO. The Labute approximate surface area is 125 Å². The summed E-state index contributed by atoms with van der Waals surface area (Å²) in [6, 6.07) is 8.48. The molecular weight excluding hydrogens is 302 g/mol. The van der Waals surface area contributed by atoms with Crippen LogP contribution in [-0.4, -0.2) is 19.7 Å². The van der Waals surface area contributed by atoms with Crippen LogP contribution in [0.1, 0.15) is 44.3 Å². The second-order valence-corrected chi connectivity index (χ2v) is 6.26. The minimum Gasteiger partial charge on any atom is -0.372 e. The summed E-state index contributed by atoms with van der Waals surface area (Å²) in [5, 5.41) is 3.47. The summed E-state index contributed by atoms with van der Waals surface area (Å²) in [7, 11) is 0. The minimum atomic E-state index is 0.179. The van der Waals surface area contributed by atoms with Crippen molar-refractivity contribution >= 4 is 15.9 Å². The molecule has 0 aromatic heterocycles. The molecule has 0 radical (unpaired) electrons. The van der Waals surface area contributed by atoms with Gasteiger partial charge >= 0.3 is 0 Å². The molecule has 1 fully saturated rings. The van der Waals surface area contributed by atoms with Gasteiger partial charge in [-0.2, -0.15) is 0 Å². The Morgan fingerprint density at radius 2 is 2.05 bits per heavy atom. The summed E-state index contributed by atoms with van der Waals surface area (Å²) in [5.41, 5.74) is 1.27. The van der Waals surface area contributed by atoms with Crippen molar-refractivity contribution in [2.24, 2.45) is 5.92 Å². The van der Waals surface area contributed by atoms with Crippen LogP contribution in [0.2, 0.25) is 0 Å². The van der Waals surface area contributed by atoms with Crippen LogP contribution in [-0.2, 0) is 4.74 Å². The van der Waals surface area contributed by atoms with Gasteiger partial charge < -0.3 is 10.1 Å². The van der Waals surface area contributed by atoms with Crippen molar-refractivity contribution in [2.45, 2.75) is 38.7 Å². The fourth-order valence-corrected chi connectivity index (χ4v) is 2.41. The maximum absolute atomic E-state index is 6.09. The van der Waals surface area contributed by atoms with Gasteiger partial charge in [0.25, 0.3) is 0 Å². The molecule has 1 aliphatic carbocycles. The van der Waals surface area contributed by atoms with E-state index in [1.54, 1.807) is 0 Å². The van der Waals surface area contributed by atoms with Gasteiger partial charge in [0.05, 0.1) is 6.10 Å². The standard InChI is InChI=1S/C16H24BrNO/c1-2-10-18-12-16(19-11-9-13-3-4-13)14-5-7-15(17)8-6-14/h5-8,13,16,18H,2-4,9-12H2,1H3. The van der Waals surface area contributed by atoms with Crippen molar-refractivity contribution in [3.63, 3.8) is 0 Å². The van der Waals surface area contributed by atoms with Gasteiger partial charge in [-0.3, -0.25) is 0 Å². The predicted octanol–water partition coefficient (Wildman–Crippen LogP) is 4.31. The second kappa shape index (κ2) is 8.03. The second-order valence-electron chi connectivity index (χ2n) is 5.35. The molecule has 19 heavy (non-hydrogen) atoms. The molecule has 1 atom stereocenters. The first-order valence-corrected chi connectivity index (χ1v) is 8.16. The third-order valence-corrected chi connectivity index (χ3v) is 4.07. The quantitative estimate of drug-likeness (QED) is 0.683.